The predicted molar refractivity (Wildman–Crippen MR) is 120 cm³/mol. The van der Waals surface area contributed by atoms with E-state index in [0.29, 0.717) is 36.3 Å². The van der Waals surface area contributed by atoms with Gasteiger partial charge in [0.15, 0.2) is 6.29 Å². The number of hydrogen-bond donors (Lipinski definition) is 2. The Morgan fingerprint density at radius 1 is 1.19 bits per heavy atom. The first-order valence-corrected chi connectivity index (χ1v) is 10.6. The quantitative estimate of drug-likeness (QED) is 0.775. The molecule has 2 heterocycles. The van der Waals surface area contributed by atoms with E-state index in [2.05, 4.69) is 4.99 Å². The Kier molecular flexibility index (Phi) is 5.31. The van der Waals surface area contributed by atoms with Gasteiger partial charge in [0.2, 0.25) is 0 Å². The van der Waals surface area contributed by atoms with Crippen LogP contribution in [0.15, 0.2) is 47.5 Å². The van der Waals surface area contributed by atoms with Gasteiger partial charge in [0.1, 0.15) is 5.71 Å². The van der Waals surface area contributed by atoms with Gasteiger partial charge in [0.05, 0.1) is 5.41 Å². The lowest BCUT2D eigenvalue weighted by molar-refractivity contribution is -0.143. The van der Waals surface area contributed by atoms with Crippen LogP contribution in [0.1, 0.15) is 48.9 Å². The molecule has 0 saturated carbocycles. The van der Waals surface area contributed by atoms with Crippen LogP contribution < -0.4 is 10.6 Å². The molecule has 7 nitrogen and oxygen atoms in total. The van der Waals surface area contributed by atoms with Crippen LogP contribution >= 0.6 is 0 Å². The predicted octanol–water partition coefficient (Wildman–Crippen LogP) is 2.85. The molecule has 162 valence electrons. The molecular formula is C24H28N4O3. The van der Waals surface area contributed by atoms with E-state index >= 15 is 0 Å². The molecule has 0 aromatic heterocycles. The standard InChI is InChI=1S/C24H28N4O3/c1-4-11-24(2,22(30)31)17-9-10-19-18(12-17)20(26-23(25)27(19)3)21(29)28-13-15-7-5-6-8-16(15)14-28/h5-10,12,23H,4,11,13-14,25H2,1-3H3,(H,30,31). The zero-order chi connectivity index (χ0) is 22.3. The van der Waals surface area contributed by atoms with Gasteiger partial charge in [-0.2, -0.15) is 0 Å². The van der Waals surface area contributed by atoms with Crippen LogP contribution in [0.3, 0.4) is 0 Å². The number of hydrogen-bond acceptors (Lipinski definition) is 5. The molecule has 0 fully saturated rings. The Hall–Kier alpha value is -3.19. The number of carboxylic acids is 1. The average molecular weight is 421 g/mol. The van der Waals surface area contributed by atoms with Crippen LogP contribution in [0.2, 0.25) is 0 Å². The van der Waals surface area contributed by atoms with Gasteiger partial charge in [-0.05, 0) is 42.2 Å². The van der Waals surface area contributed by atoms with Crippen molar-refractivity contribution in [3.63, 3.8) is 0 Å². The van der Waals surface area contributed by atoms with Gasteiger partial charge in [0, 0.05) is 31.4 Å². The minimum atomic E-state index is -1.04. The van der Waals surface area contributed by atoms with Crippen LogP contribution in [-0.4, -0.2) is 40.9 Å². The number of carbonyl (C=O) groups excluding carboxylic acids is 1. The number of fused-ring (bicyclic) bond motifs is 2. The Morgan fingerprint density at radius 3 is 2.42 bits per heavy atom. The number of aliphatic carboxylic acids is 1. The number of carbonyl (C=O) groups is 2. The summed E-state index contributed by atoms with van der Waals surface area (Å²) in [7, 11) is 1.82. The van der Waals surface area contributed by atoms with E-state index in [1.54, 1.807) is 22.8 Å². The summed E-state index contributed by atoms with van der Waals surface area (Å²) in [5.41, 5.74) is 9.77. The number of nitrogens with zero attached hydrogens (tertiary/aromatic N) is 3. The lowest BCUT2D eigenvalue weighted by Crippen LogP contribution is -2.46. The van der Waals surface area contributed by atoms with Crippen molar-refractivity contribution in [1.29, 1.82) is 0 Å². The third kappa shape index (κ3) is 3.49. The molecule has 0 saturated heterocycles. The summed E-state index contributed by atoms with van der Waals surface area (Å²) in [4.78, 5) is 33.7. The maximum atomic E-state index is 13.5. The molecule has 0 radical (unpaired) electrons. The van der Waals surface area contributed by atoms with Gasteiger partial charge in [-0.15, -0.1) is 0 Å². The highest BCUT2D eigenvalue weighted by Crippen LogP contribution is 2.35. The third-order valence-corrected chi connectivity index (χ3v) is 6.48. The number of amides is 1. The number of benzene rings is 2. The molecule has 7 heteroatoms. The molecule has 2 aliphatic rings. The summed E-state index contributed by atoms with van der Waals surface area (Å²) in [6, 6.07) is 13.5. The summed E-state index contributed by atoms with van der Waals surface area (Å²) in [5.74, 6) is -1.07. The van der Waals surface area contributed by atoms with Crippen molar-refractivity contribution < 1.29 is 14.7 Å². The monoisotopic (exact) mass is 420 g/mol. The first kappa shape index (κ1) is 21.1. The molecule has 0 bridgehead atoms. The smallest absolute Gasteiger partial charge is 0.313 e. The van der Waals surface area contributed by atoms with Gasteiger partial charge in [-0.25, -0.2) is 4.99 Å². The highest BCUT2D eigenvalue weighted by molar-refractivity contribution is 6.46. The molecule has 3 N–H and O–H groups in total. The molecule has 2 atom stereocenters. The highest BCUT2D eigenvalue weighted by atomic mass is 16.4. The van der Waals surface area contributed by atoms with Gasteiger partial charge in [-0.1, -0.05) is 43.7 Å². The van der Waals surface area contributed by atoms with Gasteiger partial charge >= 0.3 is 5.97 Å². The Labute approximate surface area is 182 Å². The van der Waals surface area contributed by atoms with E-state index in [-0.39, 0.29) is 5.91 Å². The second-order valence-electron chi connectivity index (χ2n) is 8.55. The highest BCUT2D eigenvalue weighted by Gasteiger charge is 2.37. The van der Waals surface area contributed by atoms with Crippen molar-refractivity contribution in [1.82, 2.24) is 4.90 Å². The fraction of sp³-hybridized carbons (Fsp3) is 0.375. The zero-order valence-electron chi connectivity index (χ0n) is 18.1. The fourth-order valence-corrected chi connectivity index (χ4v) is 4.48. The Balaban J connectivity index is 1.75. The first-order chi connectivity index (χ1) is 14.8. The van der Waals surface area contributed by atoms with Gasteiger partial charge < -0.3 is 14.9 Å². The van der Waals surface area contributed by atoms with E-state index in [4.69, 9.17) is 5.73 Å². The lowest BCUT2D eigenvalue weighted by atomic mass is 9.77. The number of carboxylic acid groups (broad SMARTS) is 1. The lowest BCUT2D eigenvalue weighted by Gasteiger charge is -2.34. The second kappa shape index (κ2) is 7.81. The first-order valence-electron chi connectivity index (χ1n) is 10.6. The average Bonchev–Trinajstić information content (AvgIpc) is 3.19. The minimum Gasteiger partial charge on any atom is -0.481 e. The molecule has 2 unspecified atom stereocenters. The molecule has 2 aliphatic heterocycles. The van der Waals surface area contributed by atoms with Crippen LogP contribution in [0.4, 0.5) is 5.69 Å². The maximum absolute atomic E-state index is 13.5. The SMILES string of the molecule is CCCC(C)(C(=O)O)c1ccc2c(c1)C(C(=O)N1Cc3ccccc3C1)=NC(N)N2C. The van der Waals surface area contributed by atoms with Crippen molar-refractivity contribution in [3.8, 4) is 0 Å². The van der Waals surface area contributed by atoms with Crippen LogP contribution in [0.25, 0.3) is 0 Å². The largest absolute Gasteiger partial charge is 0.481 e. The molecule has 0 spiro atoms. The third-order valence-electron chi connectivity index (χ3n) is 6.48. The molecule has 2 aromatic carbocycles. The van der Waals surface area contributed by atoms with Crippen molar-refractivity contribution in [3.05, 3.63) is 64.7 Å². The van der Waals surface area contributed by atoms with Crippen molar-refractivity contribution in [2.75, 3.05) is 11.9 Å². The number of nitrogens with two attached hydrogens (primary N) is 1. The van der Waals surface area contributed by atoms with E-state index in [1.807, 2.05) is 50.4 Å². The number of rotatable bonds is 5. The molecule has 0 aliphatic carbocycles. The summed E-state index contributed by atoms with van der Waals surface area (Å²) in [6.07, 6.45) is 0.554. The fourth-order valence-electron chi connectivity index (χ4n) is 4.48. The molecule has 31 heavy (non-hydrogen) atoms. The van der Waals surface area contributed by atoms with Gasteiger partial charge in [-0.3, -0.25) is 15.3 Å². The second-order valence-corrected chi connectivity index (χ2v) is 8.55. The van der Waals surface area contributed by atoms with E-state index in [9.17, 15) is 14.7 Å². The van der Waals surface area contributed by atoms with Crippen molar-refractivity contribution >= 4 is 23.3 Å². The summed E-state index contributed by atoms with van der Waals surface area (Å²) >= 11 is 0. The van der Waals surface area contributed by atoms with Crippen molar-refractivity contribution in [2.24, 2.45) is 10.7 Å². The summed E-state index contributed by atoms with van der Waals surface area (Å²) in [6.45, 7) is 4.75. The Bertz CT molecular complexity index is 1060. The molecular weight excluding hydrogens is 392 g/mol. The number of aliphatic imine (C=N–C) groups is 1. The summed E-state index contributed by atoms with van der Waals surface area (Å²) < 4.78 is 0. The van der Waals surface area contributed by atoms with E-state index in [0.717, 1.165) is 23.2 Å². The van der Waals surface area contributed by atoms with E-state index < -0.39 is 17.7 Å². The van der Waals surface area contributed by atoms with Crippen LogP contribution in [0.5, 0.6) is 0 Å². The minimum absolute atomic E-state index is 0.189. The van der Waals surface area contributed by atoms with Crippen LogP contribution in [-0.2, 0) is 28.1 Å². The zero-order valence-corrected chi connectivity index (χ0v) is 18.1. The normalized spacial score (nSPS) is 19.4. The van der Waals surface area contributed by atoms with Crippen molar-refractivity contribution in [2.45, 2.75) is 51.5 Å². The molecule has 2 aromatic rings. The molecule has 1 amide bonds. The topological polar surface area (TPSA) is 99.2 Å². The Morgan fingerprint density at radius 2 is 1.84 bits per heavy atom. The maximum Gasteiger partial charge on any atom is 0.313 e. The molecule has 4 rings (SSSR count). The van der Waals surface area contributed by atoms with Crippen LogP contribution in [0, 0.1) is 0 Å². The van der Waals surface area contributed by atoms with Gasteiger partial charge in [0.25, 0.3) is 5.91 Å². The summed E-state index contributed by atoms with van der Waals surface area (Å²) in [5, 5.41) is 9.93. The number of anilines is 1. The van der Waals surface area contributed by atoms with E-state index in [1.165, 1.54) is 0 Å².